The molecule has 0 bridgehead atoms. The van der Waals surface area contributed by atoms with Crippen molar-refractivity contribution in [3.8, 4) is 0 Å². The number of aryl methyl sites for hydroxylation is 1. The molecule has 2 aromatic rings. The number of piperidine rings is 1. The maximum atomic E-state index is 11.9. The van der Waals surface area contributed by atoms with Gasteiger partial charge in [-0.05, 0) is 31.8 Å². The quantitative estimate of drug-likeness (QED) is 0.654. The number of carbonyl (C=O) groups excluding carboxylic acids is 1. The van der Waals surface area contributed by atoms with Crippen LogP contribution >= 0.6 is 0 Å². The average molecular weight is 363 g/mol. The predicted octanol–water partition coefficient (Wildman–Crippen LogP) is 2.63. The zero-order valence-corrected chi connectivity index (χ0v) is 15.6. The van der Waals surface area contributed by atoms with Crippen molar-refractivity contribution in [3.05, 3.63) is 66.1 Å². The van der Waals surface area contributed by atoms with Gasteiger partial charge in [-0.3, -0.25) is 9.79 Å². The molecule has 1 fully saturated rings. The van der Waals surface area contributed by atoms with Gasteiger partial charge < -0.3 is 10.6 Å². The Bertz CT molecular complexity index is 827. The maximum Gasteiger partial charge on any atom is 0.245 e. The smallest absolute Gasteiger partial charge is 0.245 e. The molecule has 0 aliphatic carbocycles. The number of rotatable bonds is 5. The molecule has 6 heteroatoms. The Morgan fingerprint density at radius 3 is 2.85 bits per heavy atom. The molecule has 1 aromatic heterocycles. The fourth-order valence-corrected chi connectivity index (χ4v) is 3.46. The Hall–Kier alpha value is -3.02. The standard InChI is InChI=1S/C21H25N5O/c1-3-18(27)26-11-7-8-16(13-26)12-23-20(17-9-5-4-6-10-17)19-15(2)24-14-25-21(19)22/h3-6,9-10,14,16H,1,7-8,11-13H2,2H3,(H2,22,24,25). The molecule has 1 aliphatic rings. The van der Waals surface area contributed by atoms with Gasteiger partial charge in [0.05, 0.1) is 17.0 Å². The molecule has 6 nitrogen and oxygen atoms in total. The summed E-state index contributed by atoms with van der Waals surface area (Å²) in [5.74, 6) is 0.730. The van der Waals surface area contributed by atoms with Gasteiger partial charge in [0.1, 0.15) is 12.1 Å². The average Bonchev–Trinajstić information content (AvgIpc) is 2.70. The van der Waals surface area contributed by atoms with Gasteiger partial charge in [-0.1, -0.05) is 36.9 Å². The summed E-state index contributed by atoms with van der Waals surface area (Å²) in [6.07, 6.45) is 4.88. The summed E-state index contributed by atoms with van der Waals surface area (Å²) >= 11 is 0. The number of nitrogens with two attached hydrogens (primary N) is 1. The number of benzene rings is 1. The third-order valence-electron chi connectivity index (χ3n) is 4.86. The van der Waals surface area contributed by atoms with E-state index >= 15 is 0 Å². The number of amides is 1. The number of hydrogen-bond donors (Lipinski definition) is 1. The number of aromatic nitrogens is 2. The molecular weight excluding hydrogens is 338 g/mol. The van der Waals surface area contributed by atoms with E-state index in [1.807, 2.05) is 42.2 Å². The number of nitrogen functional groups attached to an aromatic ring is 1. The molecule has 0 saturated carbocycles. The first-order valence-electron chi connectivity index (χ1n) is 9.18. The van der Waals surface area contributed by atoms with Crippen LogP contribution in [0.1, 0.15) is 29.7 Å². The first-order chi connectivity index (χ1) is 13.1. The maximum absolute atomic E-state index is 11.9. The Morgan fingerprint density at radius 2 is 2.15 bits per heavy atom. The first-order valence-corrected chi connectivity index (χ1v) is 9.18. The zero-order valence-electron chi connectivity index (χ0n) is 15.6. The van der Waals surface area contributed by atoms with Gasteiger partial charge in [0, 0.05) is 25.2 Å². The molecule has 1 unspecified atom stereocenters. The van der Waals surface area contributed by atoms with Crippen LogP contribution in [-0.2, 0) is 4.79 Å². The summed E-state index contributed by atoms with van der Waals surface area (Å²) < 4.78 is 0. The molecule has 1 atom stereocenters. The molecule has 2 heterocycles. The summed E-state index contributed by atoms with van der Waals surface area (Å²) in [5.41, 5.74) is 9.52. The summed E-state index contributed by atoms with van der Waals surface area (Å²) in [5, 5.41) is 0. The van der Waals surface area contributed by atoms with E-state index in [0.717, 1.165) is 41.9 Å². The highest BCUT2D eigenvalue weighted by Crippen LogP contribution is 2.21. The van der Waals surface area contributed by atoms with Crippen LogP contribution in [0.2, 0.25) is 0 Å². The van der Waals surface area contributed by atoms with Gasteiger partial charge >= 0.3 is 0 Å². The van der Waals surface area contributed by atoms with E-state index < -0.39 is 0 Å². The monoisotopic (exact) mass is 363 g/mol. The number of hydrogen-bond acceptors (Lipinski definition) is 5. The molecule has 3 rings (SSSR count). The van der Waals surface area contributed by atoms with Gasteiger partial charge in [0.15, 0.2) is 0 Å². The molecule has 1 aliphatic heterocycles. The van der Waals surface area contributed by atoms with Crippen LogP contribution in [-0.4, -0.2) is 46.1 Å². The minimum absolute atomic E-state index is 0.0106. The van der Waals surface area contributed by atoms with Gasteiger partial charge in [0.2, 0.25) is 5.91 Å². The molecule has 27 heavy (non-hydrogen) atoms. The Morgan fingerprint density at radius 1 is 1.37 bits per heavy atom. The number of aliphatic imine (C=N–C) groups is 1. The molecule has 140 valence electrons. The lowest BCUT2D eigenvalue weighted by Gasteiger charge is -2.31. The van der Waals surface area contributed by atoms with Crippen molar-refractivity contribution in [2.45, 2.75) is 19.8 Å². The molecule has 1 amide bonds. The minimum atomic E-state index is -0.0106. The second-order valence-electron chi connectivity index (χ2n) is 6.77. The fourth-order valence-electron chi connectivity index (χ4n) is 3.46. The molecule has 0 radical (unpaired) electrons. The SMILES string of the molecule is C=CC(=O)N1CCCC(CN=C(c2ccccc2)c2c(C)ncnc2N)C1. The third-order valence-corrected chi connectivity index (χ3v) is 4.86. The van der Waals surface area contributed by atoms with Crippen LogP contribution in [0, 0.1) is 12.8 Å². The summed E-state index contributed by atoms with van der Waals surface area (Å²) in [6.45, 7) is 7.62. The topological polar surface area (TPSA) is 84.5 Å². The van der Waals surface area contributed by atoms with Crippen molar-refractivity contribution in [3.63, 3.8) is 0 Å². The zero-order chi connectivity index (χ0) is 19.2. The van der Waals surface area contributed by atoms with Crippen LogP contribution in [0.4, 0.5) is 5.82 Å². The molecule has 2 N–H and O–H groups in total. The van der Waals surface area contributed by atoms with E-state index in [2.05, 4.69) is 16.5 Å². The lowest BCUT2D eigenvalue weighted by atomic mass is 9.97. The first kappa shape index (κ1) is 18.8. The molecule has 1 saturated heterocycles. The summed E-state index contributed by atoms with van der Waals surface area (Å²) in [7, 11) is 0. The van der Waals surface area contributed by atoms with E-state index in [1.54, 1.807) is 0 Å². The van der Waals surface area contributed by atoms with Crippen molar-refractivity contribution in [1.82, 2.24) is 14.9 Å². The second kappa shape index (κ2) is 8.58. The Kier molecular flexibility index (Phi) is 5.96. The Balaban J connectivity index is 1.90. The molecule has 1 aromatic carbocycles. The van der Waals surface area contributed by atoms with Crippen LogP contribution in [0.3, 0.4) is 0 Å². The van der Waals surface area contributed by atoms with E-state index in [0.29, 0.717) is 24.8 Å². The number of likely N-dealkylation sites (tertiary alicyclic amines) is 1. The van der Waals surface area contributed by atoms with E-state index in [4.69, 9.17) is 10.7 Å². The van der Waals surface area contributed by atoms with Crippen molar-refractivity contribution >= 4 is 17.4 Å². The van der Waals surface area contributed by atoms with Gasteiger partial charge in [-0.2, -0.15) is 0 Å². The normalized spacial score (nSPS) is 17.6. The highest BCUT2D eigenvalue weighted by molar-refractivity contribution is 6.15. The van der Waals surface area contributed by atoms with Gasteiger partial charge in [0.25, 0.3) is 0 Å². The molecule has 0 spiro atoms. The van der Waals surface area contributed by atoms with E-state index in [9.17, 15) is 4.79 Å². The van der Waals surface area contributed by atoms with E-state index in [-0.39, 0.29) is 5.91 Å². The second-order valence-corrected chi connectivity index (χ2v) is 6.77. The summed E-state index contributed by atoms with van der Waals surface area (Å²) in [6, 6.07) is 9.95. The lowest BCUT2D eigenvalue weighted by molar-refractivity contribution is -0.127. The van der Waals surface area contributed by atoms with Crippen LogP contribution in [0.25, 0.3) is 0 Å². The third kappa shape index (κ3) is 4.39. The fraction of sp³-hybridized carbons (Fsp3) is 0.333. The lowest BCUT2D eigenvalue weighted by Crippen LogP contribution is -2.40. The van der Waals surface area contributed by atoms with Crippen molar-refractivity contribution in [2.75, 3.05) is 25.4 Å². The number of carbonyl (C=O) groups is 1. The van der Waals surface area contributed by atoms with Crippen LogP contribution < -0.4 is 5.73 Å². The van der Waals surface area contributed by atoms with Gasteiger partial charge in [-0.25, -0.2) is 9.97 Å². The minimum Gasteiger partial charge on any atom is -0.383 e. The summed E-state index contributed by atoms with van der Waals surface area (Å²) in [4.78, 5) is 27.1. The van der Waals surface area contributed by atoms with Crippen LogP contribution in [0.15, 0.2) is 54.3 Å². The van der Waals surface area contributed by atoms with Crippen molar-refractivity contribution < 1.29 is 4.79 Å². The van der Waals surface area contributed by atoms with Crippen molar-refractivity contribution in [1.29, 1.82) is 0 Å². The van der Waals surface area contributed by atoms with Crippen LogP contribution in [0.5, 0.6) is 0 Å². The largest absolute Gasteiger partial charge is 0.383 e. The molecular formula is C21H25N5O. The van der Waals surface area contributed by atoms with Crippen molar-refractivity contribution in [2.24, 2.45) is 10.9 Å². The number of nitrogens with zero attached hydrogens (tertiary/aromatic N) is 4. The van der Waals surface area contributed by atoms with E-state index in [1.165, 1.54) is 12.4 Å². The predicted molar refractivity (Wildman–Crippen MR) is 108 cm³/mol. The highest BCUT2D eigenvalue weighted by Gasteiger charge is 2.23. The highest BCUT2D eigenvalue weighted by atomic mass is 16.2. The number of anilines is 1. The Labute approximate surface area is 159 Å². The van der Waals surface area contributed by atoms with Gasteiger partial charge in [-0.15, -0.1) is 0 Å².